The molecule has 0 radical (unpaired) electrons. The minimum absolute atomic E-state index is 0.296. The number of unbranched alkanes of at least 4 members (excludes halogenated alkanes) is 2. The molecule has 0 saturated carbocycles. The molecular weight excluding hydrogens is 296 g/mol. The van der Waals surface area contributed by atoms with Crippen LogP contribution < -0.4 is 0 Å². The van der Waals surface area contributed by atoms with Crippen LogP contribution >= 0.6 is 0 Å². The summed E-state index contributed by atoms with van der Waals surface area (Å²) < 4.78 is 0. The van der Waals surface area contributed by atoms with Gasteiger partial charge in [-0.25, -0.2) is 9.59 Å². The van der Waals surface area contributed by atoms with E-state index in [0.29, 0.717) is 0 Å². The van der Waals surface area contributed by atoms with Gasteiger partial charge >= 0.3 is 23.9 Å². The third-order valence-electron chi connectivity index (χ3n) is 1.74. The fourth-order valence-electron chi connectivity index (χ4n) is 0.214. The second-order valence-corrected chi connectivity index (χ2v) is 3.90. The molecule has 0 aromatic rings. The van der Waals surface area contributed by atoms with Crippen molar-refractivity contribution in [3.05, 3.63) is 0 Å². The fourth-order valence-corrected chi connectivity index (χ4v) is 0.214. The maximum atomic E-state index is 9.64. The molecule has 0 atom stereocenters. The van der Waals surface area contributed by atoms with Crippen molar-refractivity contribution in [2.24, 2.45) is 0 Å². The molecule has 0 aliphatic heterocycles. The predicted molar refractivity (Wildman–Crippen MR) is 80.9 cm³/mol. The maximum absolute atomic E-state index is 9.64. The summed E-state index contributed by atoms with van der Waals surface area (Å²) in [6.45, 7) is 8.72. The second kappa shape index (κ2) is 23.9. The lowest BCUT2D eigenvalue weighted by Gasteiger charge is -1.85. The SMILES string of the molecule is CCCC.CCCC.O=C(O)C(=O)O.O=C(O)CCC(=O)O. The molecule has 0 unspecified atom stereocenters. The van der Waals surface area contributed by atoms with E-state index in [-0.39, 0.29) is 12.8 Å². The van der Waals surface area contributed by atoms with E-state index in [1.54, 1.807) is 0 Å². The van der Waals surface area contributed by atoms with Gasteiger partial charge in [-0.3, -0.25) is 9.59 Å². The van der Waals surface area contributed by atoms with E-state index in [0.717, 1.165) is 0 Å². The first-order chi connectivity index (χ1) is 10.1. The van der Waals surface area contributed by atoms with Crippen molar-refractivity contribution in [3.63, 3.8) is 0 Å². The van der Waals surface area contributed by atoms with Crippen LogP contribution in [-0.2, 0) is 19.2 Å². The third kappa shape index (κ3) is 64.6. The highest BCUT2D eigenvalue weighted by Gasteiger charge is 2.04. The summed E-state index contributed by atoms with van der Waals surface area (Å²) >= 11 is 0. The first kappa shape index (κ1) is 28.1. The summed E-state index contributed by atoms with van der Waals surface area (Å²) in [6.07, 6.45) is 4.69. The predicted octanol–water partition coefficient (Wildman–Crippen LogP) is 2.70. The molecule has 0 fully saturated rings. The monoisotopic (exact) mass is 324 g/mol. The highest BCUT2D eigenvalue weighted by Crippen LogP contribution is 1.86. The standard InChI is InChI=1S/C4H6O4.2C4H10.C2H2O4/c5-3(6)1-2-4(7)8;2*1-3-4-2;3-1(4)2(5)6/h1-2H2,(H,5,6)(H,7,8);2*3-4H2,1-2H3;(H,3,4)(H,5,6). The maximum Gasteiger partial charge on any atom is 0.414 e. The summed E-state index contributed by atoms with van der Waals surface area (Å²) in [5, 5.41) is 30.6. The van der Waals surface area contributed by atoms with Crippen molar-refractivity contribution in [2.45, 2.75) is 66.2 Å². The van der Waals surface area contributed by atoms with Gasteiger partial charge in [0.15, 0.2) is 0 Å². The Morgan fingerprint density at radius 3 is 0.773 bits per heavy atom. The van der Waals surface area contributed by atoms with E-state index in [4.69, 9.17) is 30.0 Å². The highest BCUT2D eigenvalue weighted by atomic mass is 16.4. The molecule has 0 heterocycles. The van der Waals surface area contributed by atoms with Crippen molar-refractivity contribution in [3.8, 4) is 0 Å². The second-order valence-electron chi connectivity index (χ2n) is 3.90. The van der Waals surface area contributed by atoms with Gasteiger partial charge in [0.2, 0.25) is 0 Å². The van der Waals surface area contributed by atoms with Gasteiger partial charge in [-0.1, -0.05) is 53.4 Å². The summed E-state index contributed by atoms with van der Waals surface area (Å²) in [5.41, 5.74) is 0. The Morgan fingerprint density at radius 1 is 0.545 bits per heavy atom. The van der Waals surface area contributed by atoms with Gasteiger partial charge in [0.1, 0.15) is 0 Å². The Hall–Kier alpha value is -2.12. The van der Waals surface area contributed by atoms with Gasteiger partial charge in [0.05, 0.1) is 12.8 Å². The molecule has 132 valence electrons. The van der Waals surface area contributed by atoms with Gasteiger partial charge in [0, 0.05) is 0 Å². The topological polar surface area (TPSA) is 149 Å². The molecule has 8 nitrogen and oxygen atoms in total. The first-order valence-corrected chi connectivity index (χ1v) is 7.00. The van der Waals surface area contributed by atoms with Crippen molar-refractivity contribution in [2.75, 3.05) is 0 Å². The quantitative estimate of drug-likeness (QED) is 0.564. The molecule has 0 bridgehead atoms. The molecule has 22 heavy (non-hydrogen) atoms. The summed E-state index contributed by atoms with van der Waals surface area (Å²) in [7, 11) is 0. The van der Waals surface area contributed by atoms with Crippen molar-refractivity contribution < 1.29 is 39.6 Å². The number of carbonyl (C=O) groups is 4. The van der Waals surface area contributed by atoms with Crippen LogP contribution in [0.3, 0.4) is 0 Å². The van der Waals surface area contributed by atoms with Gasteiger partial charge < -0.3 is 20.4 Å². The summed E-state index contributed by atoms with van der Waals surface area (Å²) in [5.74, 6) is -5.80. The van der Waals surface area contributed by atoms with Crippen LogP contribution in [0.25, 0.3) is 0 Å². The molecule has 4 N–H and O–H groups in total. The van der Waals surface area contributed by atoms with Gasteiger partial charge in [-0.15, -0.1) is 0 Å². The molecule has 0 saturated heterocycles. The number of hydrogen-bond donors (Lipinski definition) is 4. The number of rotatable bonds is 5. The molecule has 0 aliphatic rings. The van der Waals surface area contributed by atoms with Gasteiger partial charge in [0.25, 0.3) is 0 Å². The summed E-state index contributed by atoms with van der Waals surface area (Å²) in [4.78, 5) is 37.5. The molecule has 0 amide bonds. The molecular formula is C14H28O8. The summed E-state index contributed by atoms with van der Waals surface area (Å²) in [6, 6.07) is 0. The Kier molecular flexibility index (Phi) is 30.6. The molecule has 0 aromatic heterocycles. The van der Waals surface area contributed by atoms with E-state index in [2.05, 4.69) is 27.7 Å². The van der Waals surface area contributed by atoms with Gasteiger partial charge in [-0.2, -0.15) is 0 Å². The minimum atomic E-state index is -1.82. The smallest absolute Gasteiger partial charge is 0.414 e. The largest absolute Gasteiger partial charge is 0.481 e. The van der Waals surface area contributed by atoms with Crippen molar-refractivity contribution in [1.29, 1.82) is 0 Å². The van der Waals surface area contributed by atoms with E-state index >= 15 is 0 Å². The molecule has 0 aromatic carbocycles. The number of aliphatic carboxylic acids is 4. The van der Waals surface area contributed by atoms with Crippen LogP contribution in [0.5, 0.6) is 0 Å². The van der Waals surface area contributed by atoms with Crippen LogP contribution in [0.4, 0.5) is 0 Å². The zero-order valence-corrected chi connectivity index (χ0v) is 13.7. The Bertz CT molecular complexity index is 265. The Labute approximate surface area is 130 Å². The average molecular weight is 324 g/mol. The first-order valence-electron chi connectivity index (χ1n) is 7.00. The van der Waals surface area contributed by atoms with E-state index in [1.165, 1.54) is 25.7 Å². The zero-order chi connectivity index (χ0) is 18.6. The molecule has 0 aliphatic carbocycles. The van der Waals surface area contributed by atoms with E-state index in [9.17, 15) is 9.59 Å². The van der Waals surface area contributed by atoms with Crippen LogP contribution in [-0.4, -0.2) is 44.3 Å². The van der Waals surface area contributed by atoms with Crippen LogP contribution in [0.15, 0.2) is 0 Å². The number of carboxylic acids is 4. The fraction of sp³-hybridized carbons (Fsp3) is 0.714. The van der Waals surface area contributed by atoms with E-state index in [1.807, 2.05) is 0 Å². The lowest BCUT2D eigenvalue weighted by atomic mass is 10.3. The van der Waals surface area contributed by atoms with E-state index < -0.39 is 23.9 Å². The molecule has 8 heteroatoms. The number of hydrogen-bond acceptors (Lipinski definition) is 4. The Balaban J connectivity index is -0.000000103. The average Bonchev–Trinajstić information content (AvgIpc) is 2.46. The van der Waals surface area contributed by atoms with Gasteiger partial charge in [-0.05, 0) is 0 Å². The van der Waals surface area contributed by atoms with Crippen LogP contribution in [0.1, 0.15) is 66.2 Å². The van der Waals surface area contributed by atoms with Crippen LogP contribution in [0, 0.1) is 0 Å². The Morgan fingerprint density at radius 2 is 0.727 bits per heavy atom. The van der Waals surface area contributed by atoms with Crippen molar-refractivity contribution in [1.82, 2.24) is 0 Å². The zero-order valence-electron chi connectivity index (χ0n) is 13.7. The minimum Gasteiger partial charge on any atom is -0.481 e. The highest BCUT2D eigenvalue weighted by molar-refractivity contribution is 6.27. The number of carboxylic acid groups (broad SMARTS) is 4. The lowest BCUT2D eigenvalue weighted by Crippen LogP contribution is -2.09. The van der Waals surface area contributed by atoms with Crippen molar-refractivity contribution >= 4 is 23.9 Å². The third-order valence-corrected chi connectivity index (χ3v) is 1.74. The van der Waals surface area contributed by atoms with Crippen LogP contribution in [0.2, 0.25) is 0 Å². The normalized spacial score (nSPS) is 7.82. The molecule has 0 rings (SSSR count). The lowest BCUT2D eigenvalue weighted by molar-refractivity contribution is -0.159. The molecule has 0 spiro atoms.